The monoisotopic (exact) mass is 510 g/mol. The number of nitrogens with two attached hydrogens (primary N) is 2. The van der Waals surface area contributed by atoms with Crippen LogP contribution in [0.25, 0.3) is 11.1 Å². The second-order valence-electron chi connectivity index (χ2n) is 8.38. The number of anilines is 2. The molecule has 0 saturated carbocycles. The van der Waals surface area contributed by atoms with E-state index < -0.39 is 0 Å². The lowest BCUT2D eigenvalue weighted by molar-refractivity contribution is 0.101. The first-order valence-corrected chi connectivity index (χ1v) is 12.5. The van der Waals surface area contributed by atoms with Gasteiger partial charge in [0.1, 0.15) is 11.4 Å². The molecule has 4 aromatic rings. The van der Waals surface area contributed by atoms with Gasteiger partial charge in [-0.05, 0) is 71.5 Å². The maximum Gasteiger partial charge on any atom is 0.274 e. The summed E-state index contributed by atoms with van der Waals surface area (Å²) < 4.78 is 0. The predicted octanol–water partition coefficient (Wildman–Crippen LogP) is 5.21. The second-order valence-corrected chi connectivity index (χ2v) is 8.38. The highest BCUT2D eigenvalue weighted by atomic mass is 16.2. The van der Waals surface area contributed by atoms with Gasteiger partial charge in [-0.1, -0.05) is 50.2 Å². The normalized spacial score (nSPS) is 10.3. The van der Waals surface area contributed by atoms with Crippen LogP contribution in [0.2, 0.25) is 0 Å². The Hall–Kier alpha value is -4.40. The van der Waals surface area contributed by atoms with Gasteiger partial charge in [-0.25, -0.2) is 0 Å². The number of hydrogen-bond donors (Lipinski definition) is 4. The fourth-order valence-corrected chi connectivity index (χ4v) is 3.86. The van der Waals surface area contributed by atoms with E-state index >= 15 is 0 Å². The van der Waals surface area contributed by atoms with Crippen molar-refractivity contribution in [2.45, 2.75) is 40.8 Å². The zero-order chi connectivity index (χ0) is 27.7. The standard InChI is InChI=1S/C28H28N6O2.C2H6/c1-17-21(5-3-7-23(17)33-27(35)25-11-9-19(13-29)15-31-25)22-6-4-8-24(18(22)2)34-28(36)26-12-10-20(14-30)16-32-26;1-2/h3-12,15-16H,13-14,29-30H2,1-2H3,(H,33,35)(H,34,36);1-2H3. The third kappa shape index (κ3) is 6.47. The molecule has 0 spiro atoms. The minimum absolute atomic E-state index is 0.301. The number of carbonyl (C=O) groups excluding carboxylic acids is 2. The minimum atomic E-state index is -0.301. The van der Waals surface area contributed by atoms with E-state index in [1.807, 2.05) is 64.1 Å². The van der Waals surface area contributed by atoms with Gasteiger partial charge in [-0.2, -0.15) is 0 Å². The first-order valence-electron chi connectivity index (χ1n) is 12.5. The maximum atomic E-state index is 12.8. The zero-order valence-electron chi connectivity index (χ0n) is 22.2. The summed E-state index contributed by atoms with van der Waals surface area (Å²) in [6.07, 6.45) is 3.20. The summed E-state index contributed by atoms with van der Waals surface area (Å²) in [6.45, 7) is 8.63. The van der Waals surface area contributed by atoms with Crippen LogP contribution in [0.15, 0.2) is 73.1 Å². The third-order valence-electron chi connectivity index (χ3n) is 6.04. The van der Waals surface area contributed by atoms with Crippen LogP contribution < -0.4 is 22.1 Å². The lowest BCUT2D eigenvalue weighted by Gasteiger charge is -2.17. The van der Waals surface area contributed by atoms with E-state index in [0.29, 0.717) is 35.9 Å². The van der Waals surface area contributed by atoms with Crippen molar-refractivity contribution in [1.82, 2.24) is 9.97 Å². The fourth-order valence-electron chi connectivity index (χ4n) is 3.86. The van der Waals surface area contributed by atoms with Crippen molar-refractivity contribution in [1.29, 1.82) is 0 Å². The van der Waals surface area contributed by atoms with Gasteiger partial charge in [-0.3, -0.25) is 19.6 Å². The summed E-state index contributed by atoms with van der Waals surface area (Å²) in [7, 11) is 0. The maximum absolute atomic E-state index is 12.8. The predicted molar refractivity (Wildman–Crippen MR) is 153 cm³/mol. The number of nitrogens with zero attached hydrogens (tertiary/aromatic N) is 2. The largest absolute Gasteiger partial charge is 0.326 e. The van der Waals surface area contributed by atoms with Gasteiger partial charge in [0, 0.05) is 36.9 Å². The number of pyridine rings is 2. The molecule has 196 valence electrons. The molecule has 0 fully saturated rings. The lowest BCUT2D eigenvalue weighted by atomic mass is 9.94. The number of aromatic nitrogens is 2. The van der Waals surface area contributed by atoms with Crippen molar-refractivity contribution < 1.29 is 9.59 Å². The molecule has 0 atom stereocenters. The van der Waals surface area contributed by atoms with Crippen molar-refractivity contribution in [3.63, 3.8) is 0 Å². The van der Waals surface area contributed by atoms with Gasteiger partial charge in [0.15, 0.2) is 0 Å². The van der Waals surface area contributed by atoms with E-state index in [0.717, 1.165) is 33.4 Å². The van der Waals surface area contributed by atoms with Crippen LogP contribution in [0.1, 0.15) is 57.1 Å². The molecule has 2 amide bonds. The molecule has 2 heterocycles. The molecule has 2 aromatic heterocycles. The van der Waals surface area contributed by atoms with Crippen molar-refractivity contribution in [3.8, 4) is 11.1 Å². The Morgan fingerprint density at radius 1 is 0.658 bits per heavy atom. The number of amides is 2. The average Bonchev–Trinajstić information content (AvgIpc) is 2.96. The molecule has 8 heteroatoms. The third-order valence-corrected chi connectivity index (χ3v) is 6.04. The van der Waals surface area contributed by atoms with Gasteiger partial charge in [0.25, 0.3) is 11.8 Å². The van der Waals surface area contributed by atoms with E-state index in [1.165, 1.54) is 0 Å². The molecule has 0 aliphatic heterocycles. The Labute approximate surface area is 223 Å². The van der Waals surface area contributed by atoms with Crippen LogP contribution in [0, 0.1) is 13.8 Å². The topological polar surface area (TPSA) is 136 Å². The SMILES string of the molecule is CC.Cc1c(NC(=O)c2ccc(CN)cn2)cccc1-c1cccc(NC(=O)c2ccc(CN)cn2)c1C. The van der Waals surface area contributed by atoms with Crippen molar-refractivity contribution in [2.75, 3.05) is 10.6 Å². The molecule has 2 aromatic carbocycles. The molecule has 0 aliphatic carbocycles. The summed E-state index contributed by atoms with van der Waals surface area (Å²) in [5, 5.41) is 5.90. The molecule has 0 radical (unpaired) electrons. The smallest absolute Gasteiger partial charge is 0.274 e. The molecule has 0 unspecified atom stereocenters. The van der Waals surface area contributed by atoms with Crippen LogP contribution in [0.5, 0.6) is 0 Å². The Bertz CT molecular complexity index is 1290. The average molecular weight is 511 g/mol. The summed E-state index contributed by atoms with van der Waals surface area (Å²) in [6, 6.07) is 18.3. The zero-order valence-corrected chi connectivity index (χ0v) is 22.2. The molecule has 0 saturated heterocycles. The van der Waals surface area contributed by atoms with Crippen LogP contribution in [-0.2, 0) is 13.1 Å². The number of rotatable bonds is 7. The van der Waals surface area contributed by atoms with Crippen LogP contribution in [0.3, 0.4) is 0 Å². The molecular weight excluding hydrogens is 476 g/mol. The van der Waals surface area contributed by atoms with E-state index in [-0.39, 0.29) is 11.8 Å². The van der Waals surface area contributed by atoms with Gasteiger partial charge in [0.05, 0.1) is 0 Å². The van der Waals surface area contributed by atoms with Crippen molar-refractivity contribution in [2.24, 2.45) is 11.5 Å². The number of hydrogen-bond acceptors (Lipinski definition) is 6. The van der Waals surface area contributed by atoms with Gasteiger partial charge in [-0.15, -0.1) is 0 Å². The summed E-state index contributed by atoms with van der Waals surface area (Å²) in [5.41, 5.74) is 18.6. The molecule has 0 aliphatic rings. The minimum Gasteiger partial charge on any atom is -0.326 e. The Balaban J connectivity index is 0.00000195. The number of nitrogens with one attached hydrogen (secondary N) is 2. The van der Waals surface area contributed by atoms with E-state index in [4.69, 9.17) is 11.5 Å². The number of carbonyl (C=O) groups is 2. The second kappa shape index (κ2) is 13.2. The Kier molecular flexibility index (Phi) is 9.81. The highest BCUT2D eigenvalue weighted by molar-refractivity contribution is 6.05. The molecule has 0 bridgehead atoms. The molecule has 4 rings (SSSR count). The van der Waals surface area contributed by atoms with Crippen LogP contribution >= 0.6 is 0 Å². The Morgan fingerprint density at radius 2 is 1.05 bits per heavy atom. The number of benzene rings is 2. The van der Waals surface area contributed by atoms with E-state index in [9.17, 15) is 9.59 Å². The molecule has 8 nitrogen and oxygen atoms in total. The summed E-state index contributed by atoms with van der Waals surface area (Å²) in [4.78, 5) is 33.9. The first kappa shape index (κ1) is 28.2. The van der Waals surface area contributed by atoms with Crippen LogP contribution in [-0.4, -0.2) is 21.8 Å². The fraction of sp³-hybridized carbons (Fsp3) is 0.200. The van der Waals surface area contributed by atoms with Crippen molar-refractivity contribution in [3.05, 3.63) is 107 Å². The van der Waals surface area contributed by atoms with Gasteiger partial charge < -0.3 is 22.1 Å². The lowest BCUT2D eigenvalue weighted by Crippen LogP contribution is -2.15. The van der Waals surface area contributed by atoms with E-state index in [2.05, 4.69) is 20.6 Å². The van der Waals surface area contributed by atoms with Crippen molar-refractivity contribution >= 4 is 23.2 Å². The first-order chi connectivity index (χ1) is 18.4. The molecular formula is C30H34N6O2. The molecule has 38 heavy (non-hydrogen) atoms. The molecule has 6 N–H and O–H groups in total. The highest BCUT2D eigenvalue weighted by Gasteiger charge is 2.15. The summed E-state index contributed by atoms with van der Waals surface area (Å²) >= 11 is 0. The Morgan fingerprint density at radius 3 is 1.37 bits per heavy atom. The van der Waals surface area contributed by atoms with E-state index in [1.54, 1.807) is 36.7 Å². The van der Waals surface area contributed by atoms with Gasteiger partial charge in [0.2, 0.25) is 0 Å². The summed E-state index contributed by atoms with van der Waals surface area (Å²) in [5.74, 6) is -0.602. The van der Waals surface area contributed by atoms with Gasteiger partial charge >= 0.3 is 0 Å². The quantitative estimate of drug-likeness (QED) is 0.269. The highest BCUT2D eigenvalue weighted by Crippen LogP contribution is 2.34. The van der Waals surface area contributed by atoms with Crippen LogP contribution in [0.4, 0.5) is 11.4 Å².